The Balaban J connectivity index is 1.64. The molecule has 1 N–H and O–H groups in total. The summed E-state index contributed by atoms with van der Waals surface area (Å²) in [5.41, 5.74) is 3.18. The van der Waals surface area contributed by atoms with Gasteiger partial charge in [0, 0.05) is 23.1 Å². The van der Waals surface area contributed by atoms with Crippen molar-refractivity contribution in [3.8, 4) is 0 Å². The molecule has 0 bridgehead atoms. The molecule has 0 spiro atoms. The molecule has 0 aromatic heterocycles. The van der Waals surface area contributed by atoms with Crippen LogP contribution in [0.3, 0.4) is 0 Å². The van der Waals surface area contributed by atoms with E-state index in [0.717, 1.165) is 11.0 Å². The predicted octanol–water partition coefficient (Wildman–Crippen LogP) is 3.97. The molecule has 4 heteroatoms. The Hall–Kier alpha value is -1.65. The topological polar surface area (TPSA) is 32.3 Å². The molecule has 0 unspecified atom stereocenters. The molecule has 3 rings (SSSR count). The first-order valence-electron chi connectivity index (χ1n) is 8.05. The Morgan fingerprint density at radius 3 is 2.52 bits per heavy atom. The standard InChI is InChI=1S/C19H21BrN2O/c20-18-9-5-8-15(12-18)19(23)21-13-16-6-1-2-7-17(16)14-22-10-3-4-11-22/h1-2,5-9,12H,3-4,10-11,13-14H2,(H,21,23). The molecule has 1 aliphatic rings. The molecule has 0 radical (unpaired) electrons. The van der Waals surface area contributed by atoms with Crippen molar-refractivity contribution >= 4 is 21.8 Å². The van der Waals surface area contributed by atoms with Crippen molar-refractivity contribution < 1.29 is 4.79 Å². The third-order valence-corrected chi connectivity index (χ3v) is 4.73. The van der Waals surface area contributed by atoms with Gasteiger partial charge < -0.3 is 5.32 Å². The fraction of sp³-hybridized carbons (Fsp3) is 0.316. The zero-order chi connectivity index (χ0) is 16.1. The van der Waals surface area contributed by atoms with Crippen LogP contribution in [0.1, 0.15) is 34.3 Å². The van der Waals surface area contributed by atoms with E-state index in [4.69, 9.17) is 0 Å². The molecule has 2 aromatic rings. The van der Waals surface area contributed by atoms with Crippen LogP contribution in [0.25, 0.3) is 0 Å². The minimum absolute atomic E-state index is 0.0396. The second-order valence-electron chi connectivity index (χ2n) is 5.94. The molecule has 0 aliphatic carbocycles. The van der Waals surface area contributed by atoms with Gasteiger partial charge in [-0.05, 0) is 55.3 Å². The molecular weight excluding hydrogens is 352 g/mol. The Morgan fingerprint density at radius 1 is 1.04 bits per heavy atom. The molecule has 1 heterocycles. The minimum atomic E-state index is -0.0396. The summed E-state index contributed by atoms with van der Waals surface area (Å²) < 4.78 is 0.916. The quantitative estimate of drug-likeness (QED) is 0.860. The third-order valence-electron chi connectivity index (χ3n) is 4.24. The Kier molecular flexibility index (Phi) is 5.47. The lowest BCUT2D eigenvalue weighted by Crippen LogP contribution is -2.25. The monoisotopic (exact) mass is 372 g/mol. The molecule has 3 nitrogen and oxygen atoms in total. The van der Waals surface area contributed by atoms with Gasteiger partial charge >= 0.3 is 0 Å². The zero-order valence-electron chi connectivity index (χ0n) is 13.1. The molecule has 2 aromatic carbocycles. The first kappa shape index (κ1) is 16.2. The number of hydrogen-bond donors (Lipinski definition) is 1. The van der Waals surface area contributed by atoms with Gasteiger partial charge in [0.2, 0.25) is 0 Å². The summed E-state index contributed by atoms with van der Waals surface area (Å²) in [6.45, 7) is 3.90. The Morgan fingerprint density at radius 2 is 1.78 bits per heavy atom. The number of carbonyl (C=O) groups is 1. The van der Waals surface area contributed by atoms with Crippen LogP contribution in [0.2, 0.25) is 0 Å². The minimum Gasteiger partial charge on any atom is -0.348 e. The molecule has 120 valence electrons. The van der Waals surface area contributed by atoms with E-state index in [1.165, 1.54) is 37.1 Å². The lowest BCUT2D eigenvalue weighted by atomic mass is 10.1. The van der Waals surface area contributed by atoms with Gasteiger partial charge in [-0.15, -0.1) is 0 Å². The summed E-state index contributed by atoms with van der Waals surface area (Å²) in [6, 6.07) is 15.8. The van der Waals surface area contributed by atoms with Crippen molar-refractivity contribution in [2.45, 2.75) is 25.9 Å². The fourth-order valence-corrected chi connectivity index (χ4v) is 3.37. The number of amides is 1. The van der Waals surface area contributed by atoms with Gasteiger partial charge in [0.1, 0.15) is 0 Å². The number of nitrogens with zero attached hydrogens (tertiary/aromatic N) is 1. The van der Waals surface area contributed by atoms with E-state index in [1.807, 2.05) is 30.3 Å². The van der Waals surface area contributed by atoms with Crippen LogP contribution in [-0.4, -0.2) is 23.9 Å². The Bertz CT molecular complexity index is 681. The number of rotatable bonds is 5. The number of benzene rings is 2. The maximum Gasteiger partial charge on any atom is 0.251 e. The highest BCUT2D eigenvalue weighted by Gasteiger charge is 2.14. The fourth-order valence-electron chi connectivity index (χ4n) is 2.97. The van der Waals surface area contributed by atoms with Crippen LogP contribution in [0.4, 0.5) is 0 Å². The summed E-state index contributed by atoms with van der Waals surface area (Å²) in [5.74, 6) is -0.0396. The largest absolute Gasteiger partial charge is 0.348 e. The van der Waals surface area contributed by atoms with Gasteiger partial charge in [0.25, 0.3) is 5.91 Å². The third kappa shape index (κ3) is 4.43. The first-order chi connectivity index (χ1) is 11.2. The molecule has 1 fully saturated rings. The molecule has 23 heavy (non-hydrogen) atoms. The van der Waals surface area contributed by atoms with Crippen molar-refractivity contribution in [3.63, 3.8) is 0 Å². The summed E-state index contributed by atoms with van der Waals surface area (Å²) in [5, 5.41) is 3.03. The van der Waals surface area contributed by atoms with E-state index in [-0.39, 0.29) is 5.91 Å². The van der Waals surface area contributed by atoms with Crippen LogP contribution in [0, 0.1) is 0 Å². The summed E-state index contributed by atoms with van der Waals surface area (Å²) in [7, 11) is 0. The van der Waals surface area contributed by atoms with Gasteiger partial charge in [-0.25, -0.2) is 0 Å². The van der Waals surface area contributed by atoms with E-state index < -0.39 is 0 Å². The van der Waals surface area contributed by atoms with Crippen LogP contribution in [0.5, 0.6) is 0 Å². The van der Waals surface area contributed by atoms with Gasteiger partial charge in [-0.3, -0.25) is 9.69 Å². The SMILES string of the molecule is O=C(NCc1ccccc1CN1CCCC1)c1cccc(Br)c1. The van der Waals surface area contributed by atoms with Crippen LogP contribution >= 0.6 is 15.9 Å². The maximum atomic E-state index is 12.3. The smallest absolute Gasteiger partial charge is 0.251 e. The molecule has 1 saturated heterocycles. The van der Waals surface area contributed by atoms with Crippen LogP contribution < -0.4 is 5.32 Å². The normalized spacial score (nSPS) is 14.8. The summed E-state index contributed by atoms with van der Waals surface area (Å²) in [4.78, 5) is 14.8. The molecule has 1 aliphatic heterocycles. The molecule has 0 atom stereocenters. The van der Waals surface area contributed by atoms with Crippen molar-refractivity contribution in [2.75, 3.05) is 13.1 Å². The van der Waals surface area contributed by atoms with Gasteiger partial charge in [-0.1, -0.05) is 46.3 Å². The number of carbonyl (C=O) groups excluding carboxylic acids is 1. The Labute approximate surface area is 145 Å². The molecular formula is C19H21BrN2O. The number of nitrogens with one attached hydrogen (secondary N) is 1. The van der Waals surface area contributed by atoms with Gasteiger partial charge in [0.15, 0.2) is 0 Å². The highest BCUT2D eigenvalue weighted by atomic mass is 79.9. The average molecular weight is 373 g/mol. The lowest BCUT2D eigenvalue weighted by molar-refractivity contribution is 0.0950. The van der Waals surface area contributed by atoms with E-state index in [0.29, 0.717) is 12.1 Å². The predicted molar refractivity (Wildman–Crippen MR) is 96.3 cm³/mol. The summed E-state index contributed by atoms with van der Waals surface area (Å²) in [6.07, 6.45) is 2.59. The number of hydrogen-bond acceptors (Lipinski definition) is 2. The highest BCUT2D eigenvalue weighted by molar-refractivity contribution is 9.10. The number of halogens is 1. The van der Waals surface area contributed by atoms with Crippen molar-refractivity contribution in [1.29, 1.82) is 0 Å². The van der Waals surface area contributed by atoms with E-state index in [2.05, 4.69) is 44.3 Å². The van der Waals surface area contributed by atoms with Crippen LogP contribution in [-0.2, 0) is 13.1 Å². The van der Waals surface area contributed by atoms with Crippen molar-refractivity contribution in [1.82, 2.24) is 10.2 Å². The van der Waals surface area contributed by atoms with Gasteiger partial charge in [-0.2, -0.15) is 0 Å². The highest BCUT2D eigenvalue weighted by Crippen LogP contribution is 2.16. The van der Waals surface area contributed by atoms with Crippen molar-refractivity contribution in [3.05, 3.63) is 69.7 Å². The average Bonchev–Trinajstić information content (AvgIpc) is 3.07. The maximum absolute atomic E-state index is 12.3. The molecule has 1 amide bonds. The summed E-state index contributed by atoms with van der Waals surface area (Å²) >= 11 is 3.40. The van der Waals surface area contributed by atoms with E-state index in [1.54, 1.807) is 0 Å². The van der Waals surface area contributed by atoms with E-state index >= 15 is 0 Å². The van der Waals surface area contributed by atoms with Gasteiger partial charge in [0.05, 0.1) is 0 Å². The zero-order valence-corrected chi connectivity index (χ0v) is 14.7. The van der Waals surface area contributed by atoms with Crippen LogP contribution in [0.15, 0.2) is 53.0 Å². The number of likely N-dealkylation sites (tertiary alicyclic amines) is 1. The van der Waals surface area contributed by atoms with E-state index in [9.17, 15) is 4.79 Å². The second-order valence-corrected chi connectivity index (χ2v) is 6.86. The van der Waals surface area contributed by atoms with Crippen molar-refractivity contribution in [2.24, 2.45) is 0 Å². The first-order valence-corrected chi connectivity index (χ1v) is 8.84. The molecule has 0 saturated carbocycles. The lowest BCUT2D eigenvalue weighted by Gasteiger charge is -2.17. The second kappa shape index (κ2) is 7.75.